The van der Waals surface area contributed by atoms with Gasteiger partial charge in [0.05, 0.1) is 13.1 Å². The maximum absolute atomic E-state index is 12.4. The summed E-state index contributed by atoms with van der Waals surface area (Å²) >= 11 is 6.04. The fraction of sp³-hybridized carbons (Fsp3) is 0.556. The van der Waals surface area contributed by atoms with Crippen LogP contribution >= 0.6 is 11.6 Å². The molecule has 1 saturated heterocycles. The Labute approximate surface area is 154 Å². The third-order valence-corrected chi connectivity index (χ3v) is 4.43. The van der Waals surface area contributed by atoms with E-state index in [0.29, 0.717) is 19.6 Å². The van der Waals surface area contributed by atoms with Crippen LogP contribution in [-0.4, -0.2) is 74.5 Å². The molecule has 0 saturated carbocycles. The van der Waals surface area contributed by atoms with Crippen molar-refractivity contribution in [2.24, 2.45) is 0 Å². The van der Waals surface area contributed by atoms with Gasteiger partial charge in [-0.2, -0.15) is 0 Å². The molecule has 1 heterocycles. The number of piperazine rings is 1. The Balaban J connectivity index is 1.76. The van der Waals surface area contributed by atoms with E-state index in [1.165, 1.54) is 0 Å². The molecule has 1 aromatic rings. The second kappa shape index (κ2) is 9.63. The zero-order valence-corrected chi connectivity index (χ0v) is 15.8. The van der Waals surface area contributed by atoms with Gasteiger partial charge in [0.15, 0.2) is 0 Å². The minimum Gasteiger partial charge on any atom is -0.368 e. The van der Waals surface area contributed by atoms with Gasteiger partial charge in [0.1, 0.15) is 0 Å². The van der Waals surface area contributed by atoms with Crippen LogP contribution in [0.25, 0.3) is 0 Å². The Morgan fingerprint density at radius 2 is 1.92 bits per heavy atom. The van der Waals surface area contributed by atoms with E-state index in [0.717, 1.165) is 30.2 Å². The third-order valence-electron chi connectivity index (χ3n) is 4.20. The van der Waals surface area contributed by atoms with Gasteiger partial charge in [0.2, 0.25) is 11.8 Å². The molecule has 1 aliphatic heterocycles. The van der Waals surface area contributed by atoms with Gasteiger partial charge >= 0.3 is 0 Å². The zero-order chi connectivity index (χ0) is 18.2. The molecule has 1 fully saturated rings. The molecule has 7 heteroatoms. The van der Waals surface area contributed by atoms with Crippen LogP contribution in [-0.2, 0) is 9.59 Å². The number of hydrogen-bond donors (Lipinski definition) is 1. The van der Waals surface area contributed by atoms with Gasteiger partial charge < -0.3 is 15.1 Å². The lowest BCUT2D eigenvalue weighted by Crippen LogP contribution is -2.51. The summed E-state index contributed by atoms with van der Waals surface area (Å²) in [5.74, 6) is 0.0273. The minimum absolute atomic E-state index is 0.0390. The quantitative estimate of drug-likeness (QED) is 0.793. The van der Waals surface area contributed by atoms with Crippen LogP contribution in [0, 0.1) is 0 Å². The molecule has 0 unspecified atom stereocenters. The predicted octanol–water partition coefficient (Wildman–Crippen LogP) is 1.45. The van der Waals surface area contributed by atoms with Crippen molar-refractivity contribution in [3.8, 4) is 0 Å². The summed E-state index contributed by atoms with van der Waals surface area (Å²) in [5.41, 5.74) is 1.09. The fourth-order valence-electron chi connectivity index (χ4n) is 2.84. The van der Waals surface area contributed by atoms with Gasteiger partial charge in [-0.15, -0.1) is 0 Å². The molecule has 0 bridgehead atoms. The Kier molecular flexibility index (Phi) is 7.52. The number of likely N-dealkylation sites (N-methyl/N-ethyl adjacent to an activating group) is 1. The molecule has 6 nitrogen and oxygen atoms in total. The molecular weight excluding hydrogens is 340 g/mol. The van der Waals surface area contributed by atoms with Gasteiger partial charge in [0.25, 0.3) is 0 Å². The highest BCUT2D eigenvalue weighted by atomic mass is 35.5. The monoisotopic (exact) mass is 366 g/mol. The Morgan fingerprint density at radius 3 is 2.56 bits per heavy atom. The first-order valence-electron chi connectivity index (χ1n) is 8.73. The topological polar surface area (TPSA) is 55.9 Å². The lowest BCUT2D eigenvalue weighted by Gasteiger charge is -2.36. The molecule has 138 valence electrons. The van der Waals surface area contributed by atoms with Crippen LogP contribution in [0.2, 0.25) is 5.02 Å². The fourth-order valence-corrected chi connectivity index (χ4v) is 3.02. The Morgan fingerprint density at radius 1 is 1.20 bits per heavy atom. The van der Waals surface area contributed by atoms with Crippen molar-refractivity contribution in [2.75, 3.05) is 57.8 Å². The maximum Gasteiger partial charge on any atom is 0.236 e. The van der Waals surface area contributed by atoms with Crippen molar-refractivity contribution in [2.45, 2.75) is 13.3 Å². The van der Waals surface area contributed by atoms with E-state index >= 15 is 0 Å². The number of anilines is 1. The first kappa shape index (κ1) is 19.5. The number of nitrogens with zero attached hydrogens (tertiary/aromatic N) is 3. The second-order valence-electron chi connectivity index (χ2n) is 6.37. The molecule has 2 rings (SSSR count). The minimum atomic E-state index is -0.0390. The van der Waals surface area contributed by atoms with E-state index < -0.39 is 0 Å². The van der Waals surface area contributed by atoms with E-state index in [2.05, 4.69) is 10.2 Å². The van der Waals surface area contributed by atoms with Gasteiger partial charge in [-0.1, -0.05) is 24.6 Å². The lowest BCUT2D eigenvalue weighted by atomic mass is 10.2. The zero-order valence-electron chi connectivity index (χ0n) is 15.0. The van der Waals surface area contributed by atoms with Gasteiger partial charge in [-0.05, 0) is 31.7 Å². The molecule has 0 aromatic heterocycles. The predicted molar refractivity (Wildman–Crippen MR) is 101 cm³/mol. The van der Waals surface area contributed by atoms with Gasteiger partial charge in [-0.25, -0.2) is 0 Å². The number of halogens is 1. The summed E-state index contributed by atoms with van der Waals surface area (Å²) in [6, 6.07) is 7.78. The highest BCUT2D eigenvalue weighted by Crippen LogP contribution is 2.20. The summed E-state index contributed by atoms with van der Waals surface area (Å²) in [5, 5.41) is 3.54. The number of amides is 2. The van der Waals surface area contributed by atoms with Crippen molar-refractivity contribution in [3.63, 3.8) is 0 Å². The number of benzene rings is 1. The standard InChI is InChI=1S/C18H27ClN4O2/c1-3-7-20-17(24)13-21(2)14-18(25)23-10-8-22(9-11-23)16-6-4-5-15(19)12-16/h4-6,12H,3,7-11,13-14H2,1-2H3,(H,20,24). The molecular formula is C18H27ClN4O2. The SMILES string of the molecule is CCCNC(=O)CN(C)CC(=O)N1CCN(c2cccc(Cl)c2)CC1. The van der Waals surface area contributed by atoms with E-state index in [4.69, 9.17) is 11.6 Å². The highest BCUT2D eigenvalue weighted by molar-refractivity contribution is 6.30. The van der Waals surface area contributed by atoms with Gasteiger partial charge in [0, 0.05) is 43.4 Å². The number of carbonyl (C=O) groups is 2. The average Bonchev–Trinajstić information content (AvgIpc) is 2.60. The number of hydrogen-bond acceptors (Lipinski definition) is 4. The normalized spacial score (nSPS) is 14.7. The molecule has 1 aromatic carbocycles. The molecule has 0 aliphatic carbocycles. The van der Waals surface area contributed by atoms with Crippen molar-refractivity contribution in [1.82, 2.24) is 15.1 Å². The Hall–Kier alpha value is -1.79. The van der Waals surface area contributed by atoms with Crippen LogP contribution in [0.3, 0.4) is 0 Å². The molecule has 1 aliphatic rings. The molecule has 2 amide bonds. The molecule has 0 spiro atoms. The largest absolute Gasteiger partial charge is 0.368 e. The van der Waals surface area contributed by atoms with E-state index in [1.807, 2.05) is 36.1 Å². The van der Waals surface area contributed by atoms with E-state index in [9.17, 15) is 9.59 Å². The van der Waals surface area contributed by atoms with Crippen molar-refractivity contribution < 1.29 is 9.59 Å². The van der Waals surface area contributed by atoms with Crippen LogP contribution in [0.15, 0.2) is 24.3 Å². The summed E-state index contributed by atoms with van der Waals surface area (Å²) in [6.07, 6.45) is 0.908. The summed E-state index contributed by atoms with van der Waals surface area (Å²) in [6.45, 7) is 6.12. The molecule has 25 heavy (non-hydrogen) atoms. The summed E-state index contributed by atoms with van der Waals surface area (Å²) in [7, 11) is 1.80. The Bertz CT molecular complexity index is 588. The van der Waals surface area contributed by atoms with Crippen LogP contribution in [0.4, 0.5) is 5.69 Å². The maximum atomic E-state index is 12.4. The highest BCUT2D eigenvalue weighted by Gasteiger charge is 2.22. The van der Waals surface area contributed by atoms with Crippen LogP contribution in [0.5, 0.6) is 0 Å². The first-order chi connectivity index (χ1) is 12.0. The number of rotatable bonds is 7. The summed E-state index contributed by atoms with van der Waals surface area (Å²) < 4.78 is 0. The molecule has 1 N–H and O–H groups in total. The molecule has 0 atom stereocenters. The smallest absolute Gasteiger partial charge is 0.236 e. The van der Waals surface area contributed by atoms with Crippen LogP contribution < -0.4 is 10.2 Å². The van der Waals surface area contributed by atoms with Crippen LogP contribution in [0.1, 0.15) is 13.3 Å². The lowest BCUT2D eigenvalue weighted by molar-refractivity contribution is -0.133. The number of carbonyl (C=O) groups excluding carboxylic acids is 2. The van der Waals surface area contributed by atoms with Crippen molar-refractivity contribution in [1.29, 1.82) is 0 Å². The third kappa shape index (κ3) is 6.21. The summed E-state index contributed by atoms with van der Waals surface area (Å²) in [4.78, 5) is 30.0. The number of nitrogens with one attached hydrogen (secondary N) is 1. The van der Waals surface area contributed by atoms with E-state index in [1.54, 1.807) is 11.9 Å². The second-order valence-corrected chi connectivity index (χ2v) is 6.81. The average molecular weight is 367 g/mol. The van der Waals surface area contributed by atoms with Crippen molar-refractivity contribution >= 4 is 29.1 Å². The van der Waals surface area contributed by atoms with Crippen molar-refractivity contribution in [3.05, 3.63) is 29.3 Å². The first-order valence-corrected chi connectivity index (χ1v) is 9.11. The van der Waals surface area contributed by atoms with E-state index in [-0.39, 0.29) is 24.9 Å². The van der Waals surface area contributed by atoms with Gasteiger partial charge in [-0.3, -0.25) is 14.5 Å². The molecule has 0 radical (unpaired) electrons.